The van der Waals surface area contributed by atoms with Crippen molar-refractivity contribution in [1.82, 2.24) is 0 Å². The Morgan fingerprint density at radius 2 is 1.81 bits per heavy atom. The van der Waals surface area contributed by atoms with Gasteiger partial charge in [-0.2, -0.15) is 0 Å². The fraction of sp³-hybridized carbons (Fsp3) is 0.294. The third-order valence-electron chi connectivity index (χ3n) is 4.21. The third kappa shape index (κ3) is 3.39. The second kappa shape index (κ2) is 7.13. The molecule has 0 aromatic heterocycles. The smallest absolute Gasteiger partial charge is 0.147 e. The van der Waals surface area contributed by atoms with Crippen molar-refractivity contribution in [1.29, 1.82) is 0 Å². The molecule has 1 aromatic rings. The van der Waals surface area contributed by atoms with Crippen molar-refractivity contribution in [2.45, 2.75) is 28.8 Å². The number of hydrogen-bond donors (Lipinski definition) is 0. The van der Waals surface area contributed by atoms with E-state index < -0.39 is 31.3 Å². The molecule has 0 nitrogen and oxygen atoms in total. The van der Waals surface area contributed by atoms with Gasteiger partial charge in [-0.1, -0.05) is 0 Å². The predicted molar refractivity (Wildman–Crippen MR) is 96.8 cm³/mol. The van der Waals surface area contributed by atoms with Crippen LogP contribution in [0.2, 0.25) is 19.6 Å². The first-order valence-corrected chi connectivity index (χ1v) is 12.9. The van der Waals surface area contributed by atoms with Crippen LogP contribution in [0.1, 0.15) is 17.5 Å². The SMILES string of the molecule is C[Si](C)(C)[C]1([Zr][C]2=CC=CC2)C=Cc2ccccc21.Cl.Cl. The Hall–Kier alpha value is 0.120. The number of hydrogen-bond acceptors (Lipinski definition) is 0. The van der Waals surface area contributed by atoms with Crippen molar-refractivity contribution in [2.75, 3.05) is 0 Å². The molecule has 0 N–H and O–H groups in total. The molecule has 1 atom stereocenters. The van der Waals surface area contributed by atoms with Crippen LogP contribution in [0.15, 0.2) is 51.9 Å². The largest absolute Gasteiger partial charge is 0.147 e. The van der Waals surface area contributed by atoms with Gasteiger partial charge in [-0.05, 0) is 0 Å². The van der Waals surface area contributed by atoms with Gasteiger partial charge in [0.2, 0.25) is 0 Å². The van der Waals surface area contributed by atoms with E-state index in [-0.39, 0.29) is 24.8 Å². The monoisotopic (exact) mass is 414 g/mol. The van der Waals surface area contributed by atoms with Crippen LogP contribution in [-0.2, 0) is 26.0 Å². The molecule has 21 heavy (non-hydrogen) atoms. The molecule has 0 bridgehead atoms. The van der Waals surface area contributed by atoms with Crippen LogP contribution in [0.3, 0.4) is 0 Å². The van der Waals surface area contributed by atoms with Gasteiger partial charge in [0.05, 0.1) is 0 Å². The van der Waals surface area contributed by atoms with Crippen LogP contribution in [0, 0.1) is 0 Å². The molecule has 0 amide bonds. The van der Waals surface area contributed by atoms with Gasteiger partial charge in [0.25, 0.3) is 0 Å². The van der Waals surface area contributed by atoms with Gasteiger partial charge < -0.3 is 0 Å². The molecule has 0 spiro atoms. The number of halogens is 2. The van der Waals surface area contributed by atoms with Crippen molar-refractivity contribution in [2.24, 2.45) is 0 Å². The molecule has 0 heterocycles. The first-order valence-electron chi connectivity index (χ1n) is 6.96. The summed E-state index contributed by atoms with van der Waals surface area (Å²) in [6.07, 6.45) is 13.1. The second-order valence-electron chi connectivity index (χ2n) is 6.43. The van der Waals surface area contributed by atoms with E-state index in [1.54, 1.807) is 8.84 Å². The van der Waals surface area contributed by atoms with Crippen LogP contribution in [0.5, 0.6) is 0 Å². The maximum atomic E-state index is 2.58. The third-order valence-corrected chi connectivity index (χ3v) is 17.0. The molecule has 0 saturated carbocycles. The summed E-state index contributed by atoms with van der Waals surface area (Å²) in [6.45, 7) is 7.63. The Labute approximate surface area is 153 Å². The first kappa shape index (κ1) is 19.2. The summed E-state index contributed by atoms with van der Waals surface area (Å²) in [5.74, 6) is 0. The molecule has 0 fully saturated rings. The summed E-state index contributed by atoms with van der Waals surface area (Å²) in [7, 11) is -1.27. The summed E-state index contributed by atoms with van der Waals surface area (Å²) < 4.78 is 2.21. The van der Waals surface area contributed by atoms with E-state index in [9.17, 15) is 0 Å². The molecule has 3 rings (SSSR count). The van der Waals surface area contributed by atoms with Crippen LogP contribution in [0.4, 0.5) is 0 Å². The van der Waals surface area contributed by atoms with E-state index in [1.165, 1.54) is 12.0 Å². The van der Waals surface area contributed by atoms with Gasteiger partial charge in [0.1, 0.15) is 0 Å². The van der Waals surface area contributed by atoms with Gasteiger partial charge in [-0.15, -0.1) is 24.8 Å². The Balaban J connectivity index is 0.00000110. The Kier molecular flexibility index (Phi) is 6.51. The number of fused-ring (bicyclic) bond motifs is 1. The number of allylic oxidation sites excluding steroid dienone is 5. The minimum Gasteiger partial charge on any atom is -0.147 e. The Morgan fingerprint density at radius 3 is 2.43 bits per heavy atom. The van der Waals surface area contributed by atoms with Gasteiger partial charge in [0.15, 0.2) is 0 Å². The zero-order valence-electron chi connectivity index (χ0n) is 12.7. The molecule has 2 aliphatic rings. The number of benzene rings is 1. The summed E-state index contributed by atoms with van der Waals surface area (Å²) >= 11 is -0.613. The van der Waals surface area contributed by atoms with Crippen molar-refractivity contribution in [3.63, 3.8) is 0 Å². The quantitative estimate of drug-likeness (QED) is 0.566. The van der Waals surface area contributed by atoms with Gasteiger partial charge in [-0.3, -0.25) is 0 Å². The second-order valence-corrected chi connectivity index (χ2v) is 17.1. The van der Waals surface area contributed by atoms with Crippen LogP contribution < -0.4 is 0 Å². The number of rotatable bonds is 3. The minimum atomic E-state index is -1.27. The molecule has 4 heteroatoms. The summed E-state index contributed by atoms with van der Waals surface area (Å²) in [5.41, 5.74) is 3.10. The maximum Gasteiger partial charge on any atom is -0.147 e. The fourth-order valence-electron chi connectivity index (χ4n) is 3.05. The van der Waals surface area contributed by atoms with Crippen molar-refractivity contribution < 1.29 is 23.2 Å². The standard InChI is InChI=1S/C12H15Si.C5H5.2ClH.Zr/c1-13(2,3)12-9-8-10-6-4-5-7-11(10)12;1-2-4-5-3-1;;;/h4-9H,1-3H3;1-3H,4H2;2*1H;. The minimum absolute atomic E-state index is 0. The van der Waals surface area contributed by atoms with Crippen molar-refractivity contribution >= 4 is 39.0 Å². The average Bonchev–Trinajstić information content (AvgIpc) is 2.98. The molecule has 1 aromatic carbocycles. The summed E-state index contributed by atoms with van der Waals surface area (Å²) in [6, 6.07) is 9.07. The first-order chi connectivity index (χ1) is 9.03. The Morgan fingerprint density at radius 1 is 1.10 bits per heavy atom. The average molecular weight is 417 g/mol. The zero-order chi connectivity index (χ0) is 13.5. The summed E-state index contributed by atoms with van der Waals surface area (Å²) in [4.78, 5) is 0. The summed E-state index contributed by atoms with van der Waals surface area (Å²) in [5, 5.41) is 0. The predicted octanol–water partition coefficient (Wildman–Crippen LogP) is 5.56. The molecule has 0 saturated heterocycles. The maximum absolute atomic E-state index is 2.58. The van der Waals surface area contributed by atoms with Gasteiger partial charge in [-0.25, -0.2) is 0 Å². The zero-order valence-corrected chi connectivity index (χ0v) is 17.8. The van der Waals surface area contributed by atoms with E-state index >= 15 is 0 Å². The van der Waals surface area contributed by atoms with E-state index in [4.69, 9.17) is 0 Å². The molecule has 0 radical (unpaired) electrons. The van der Waals surface area contributed by atoms with E-state index in [0.29, 0.717) is 2.75 Å². The Bertz CT molecular complexity index is 599. The molecular weight excluding hydrogens is 394 g/mol. The van der Waals surface area contributed by atoms with Crippen LogP contribution >= 0.6 is 24.8 Å². The molecule has 1 unspecified atom stereocenters. The molecule has 2 aliphatic carbocycles. The van der Waals surface area contributed by atoms with E-state index in [0.717, 1.165) is 0 Å². The van der Waals surface area contributed by atoms with Gasteiger partial charge >= 0.3 is 129 Å². The molecule has 112 valence electrons. The van der Waals surface area contributed by atoms with Crippen molar-refractivity contribution in [3.05, 3.63) is 63.0 Å². The van der Waals surface area contributed by atoms with Crippen LogP contribution in [-0.4, -0.2) is 8.07 Å². The molecular formula is C17H22Cl2SiZr. The van der Waals surface area contributed by atoms with Gasteiger partial charge in [0, 0.05) is 0 Å². The normalized spacial score (nSPS) is 22.1. The molecule has 0 aliphatic heterocycles. The van der Waals surface area contributed by atoms with Crippen molar-refractivity contribution in [3.8, 4) is 0 Å². The fourth-order valence-corrected chi connectivity index (χ4v) is 12.3. The topological polar surface area (TPSA) is 0 Å². The van der Waals surface area contributed by atoms with E-state index in [2.05, 4.69) is 74.3 Å². The van der Waals surface area contributed by atoms with E-state index in [1.807, 2.05) is 0 Å². The van der Waals surface area contributed by atoms with Crippen LogP contribution in [0.25, 0.3) is 6.08 Å².